The molecule has 0 saturated heterocycles. The molecule has 0 aliphatic rings. The fourth-order valence-electron chi connectivity index (χ4n) is 4.02. The summed E-state index contributed by atoms with van der Waals surface area (Å²) < 4.78 is 28.4. The van der Waals surface area contributed by atoms with Gasteiger partial charge in [-0.1, -0.05) is 55.5 Å². The molecule has 0 aliphatic heterocycles. The van der Waals surface area contributed by atoms with E-state index in [1.165, 1.54) is 41.3 Å². The van der Waals surface area contributed by atoms with Crippen LogP contribution in [0.2, 0.25) is 0 Å². The number of benzene rings is 3. The Morgan fingerprint density at radius 2 is 1.50 bits per heavy atom. The zero-order valence-electron chi connectivity index (χ0n) is 22.8. The van der Waals surface area contributed by atoms with E-state index >= 15 is 0 Å². The molecule has 0 unspecified atom stereocenters. The fraction of sp³-hybridized carbons (Fsp3) is 0.310. The number of anilines is 1. The quantitative estimate of drug-likeness (QED) is 0.244. The van der Waals surface area contributed by atoms with Gasteiger partial charge in [-0.3, -0.25) is 24.0 Å². The monoisotopic (exact) mass is 566 g/mol. The van der Waals surface area contributed by atoms with E-state index < -0.39 is 33.4 Å². The van der Waals surface area contributed by atoms with Gasteiger partial charge >= 0.3 is 0 Å². The number of sulfonamides is 1. The molecule has 0 aromatic heterocycles. The Labute approximate surface area is 234 Å². The molecule has 0 heterocycles. The number of hydrogen-bond donors (Lipinski definition) is 1. The van der Waals surface area contributed by atoms with Gasteiger partial charge in [0.15, 0.2) is 0 Å². The molecule has 0 bridgehead atoms. The van der Waals surface area contributed by atoms with Gasteiger partial charge in [-0.15, -0.1) is 0 Å². The lowest BCUT2D eigenvalue weighted by molar-refractivity contribution is -0.384. The van der Waals surface area contributed by atoms with Crippen LogP contribution in [-0.2, 0) is 26.0 Å². The largest absolute Gasteiger partial charge is 0.352 e. The molecule has 0 fully saturated rings. The number of nitrogens with one attached hydrogen (secondary N) is 1. The molecule has 3 aromatic rings. The van der Waals surface area contributed by atoms with Crippen molar-refractivity contribution in [3.8, 4) is 0 Å². The Morgan fingerprint density at radius 1 is 0.925 bits per heavy atom. The van der Waals surface area contributed by atoms with E-state index in [2.05, 4.69) is 5.32 Å². The maximum atomic E-state index is 13.8. The van der Waals surface area contributed by atoms with Gasteiger partial charge in [0.2, 0.25) is 11.8 Å². The summed E-state index contributed by atoms with van der Waals surface area (Å²) in [7, 11) is -4.24. The van der Waals surface area contributed by atoms with Crippen molar-refractivity contribution in [2.45, 2.75) is 50.6 Å². The molecule has 2 amide bonds. The van der Waals surface area contributed by atoms with E-state index in [0.29, 0.717) is 12.8 Å². The smallest absolute Gasteiger partial charge is 0.269 e. The molecule has 0 radical (unpaired) electrons. The average molecular weight is 567 g/mol. The Hall–Kier alpha value is -4.25. The molecular weight excluding hydrogens is 532 g/mol. The number of nitro benzene ring substituents is 1. The molecule has 3 rings (SSSR count). The average Bonchev–Trinajstić information content (AvgIpc) is 2.96. The predicted molar refractivity (Wildman–Crippen MR) is 153 cm³/mol. The molecule has 0 aliphatic carbocycles. The van der Waals surface area contributed by atoms with Crippen molar-refractivity contribution >= 4 is 33.2 Å². The van der Waals surface area contributed by atoms with E-state index in [1.54, 1.807) is 25.1 Å². The molecule has 10 nitrogen and oxygen atoms in total. The lowest BCUT2D eigenvalue weighted by Gasteiger charge is -2.32. The highest BCUT2D eigenvalue weighted by Crippen LogP contribution is 2.26. The first-order valence-electron chi connectivity index (χ1n) is 13.0. The Morgan fingerprint density at radius 3 is 2.05 bits per heavy atom. The number of rotatable bonds is 13. The second-order valence-corrected chi connectivity index (χ2v) is 11.3. The van der Waals surface area contributed by atoms with Crippen LogP contribution < -0.4 is 9.62 Å². The number of nitrogens with zero attached hydrogens (tertiary/aromatic N) is 3. The van der Waals surface area contributed by atoms with E-state index in [9.17, 15) is 28.1 Å². The molecule has 1 N–H and O–H groups in total. The lowest BCUT2D eigenvalue weighted by atomic mass is 10.1. The molecule has 0 saturated carbocycles. The minimum Gasteiger partial charge on any atom is -0.352 e. The predicted octanol–water partition coefficient (Wildman–Crippen LogP) is 4.16. The Kier molecular flexibility index (Phi) is 10.4. The first kappa shape index (κ1) is 30.3. The summed E-state index contributed by atoms with van der Waals surface area (Å²) in [5.41, 5.74) is 0.827. The fourth-order valence-corrected chi connectivity index (χ4v) is 5.46. The van der Waals surface area contributed by atoms with Gasteiger partial charge in [0.1, 0.15) is 12.6 Å². The van der Waals surface area contributed by atoms with Crippen molar-refractivity contribution in [2.24, 2.45) is 0 Å². The van der Waals surface area contributed by atoms with Crippen LogP contribution in [-0.4, -0.2) is 55.2 Å². The highest BCUT2D eigenvalue weighted by atomic mass is 32.2. The van der Waals surface area contributed by atoms with Gasteiger partial charge in [0, 0.05) is 24.7 Å². The molecule has 212 valence electrons. The van der Waals surface area contributed by atoms with Gasteiger partial charge in [-0.2, -0.15) is 0 Å². The summed E-state index contributed by atoms with van der Waals surface area (Å²) in [6.45, 7) is 4.98. The summed E-state index contributed by atoms with van der Waals surface area (Å²) in [6, 6.07) is 21.1. The first-order chi connectivity index (χ1) is 19.0. The number of amides is 2. The maximum Gasteiger partial charge on any atom is 0.269 e. The van der Waals surface area contributed by atoms with Gasteiger partial charge in [-0.05, 0) is 56.5 Å². The third-order valence-corrected chi connectivity index (χ3v) is 8.40. The van der Waals surface area contributed by atoms with Crippen LogP contribution in [0, 0.1) is 10.1 Å². The number of nitro groups is 1. The van der Waals surface area contributed by atoms with Gasteiger partial charge in [0.25, 0.3) is 15.7 Å². The van der Waals surface area contributed by atoms with Crippen molar-refractivity contribution in [3.63, 3.8) is 0 Å². The topological polar surface area (TPSA) is 130 Å². The summed E-state index contributed by atoms with van der Waals surface area (Å²) in [5, 5.41) is 14.1. The number of carbonyl (C=O) groups is 2. The zero-order chi connectivity index (χ0) is 29.3. The number of carbonyl (C=O) groups excluding carboxylic acids is 2. The molecular formula is C29H34N4O6S. The van der Waals surface area contributed by atoms with Crippen LogP contribution in [0.4, 0.5) is 11.4 Å². The third-order valence-electron chi connectivity index (χ3n) is 6.61. The van der Waals surface area contributed by atoms with Crippen LogP contribution in [0.3, 0.4) is 0 Å². The van der Waals surface area contributed by atoms with Crippen molar-refractivity contribution in [1.82, 2.24) is 10.2 Å². The van der Waals surface area contributed by atoms with Gasteiger partial charge in [-0.25, -0.2) is 8.42 Å². The Bertz CT molecular complexity index is 1400. The summed E-state index contributed by atoms with van der Waals surface area (Å²) in [6.07, 6.45) is 1.16. The van der Waals surface area contributed by atoms with Gasteiger partial charge in [0.05, 0.1) is 15.5 Å². The third kappa shape index (κ3) is 7.66. The van der Waals surface area contributed by atoms with Crippen LogP contribution in [0.15, 0.2) is 89.8 Å². The minimum atomic E-state index is -4.24. The minimum absolute atomic E-state index is 0.0421. The SMILES string of the molecule is CC[C@H](C)NC(=O)[C@H](C)N(CCc1ccccc1)C(=O)CN(c1ccc([N+](=O)[O-])cc1)S(=O)(=O)c1ccccc1. The zero-order valence-corrected chi connectivity index (χ0v) is 23.6. The summed E-state index contributed by atoms with van der Waals surface area (Å²) >= 11 is 0. The molecule has 0 spiro atoms. The molecule has 40 heavy (non-hydrogen) atoms. The van der Waals surface area contributed by atoms with Crippen molar-refractivity contribution in [1.29, 1.82) is 0 Å². The van der Waals surface area contributed by atoms with E-state index in [-0.39, 0.29) is 34.8 Å². The standard InChI is InChI=1S/C29H34N4O6S/c1-4-22(2)30-29(35)23(3)31(20-19-24-11-7-5-8-12-24)28(34)21-32(25-15-17-26(18-16-25)33(36)37)40(38,39)27-13-9-6-10-14-27/h5-18,22-23H,4,19-21H2,1-3H3,(H,30,35)/t22-,23-/m0/s1. The van der Waals surface area contributed by atoms with Crippen LogP contribution in [0.1, 0.15) is 32.8 Å². The molecule has 3 aromatic carbocycles. The first-order valence-corrected chi connectivity index (χ1v) is 14.4. The van der Waals surface area contributed by atoms with Crippen LogP contribution in [0.25, 0.3) is 0 Å². The Balaban J connectivity index is 1.98. The van der Waals surface area contributed by atoms with E-state index in [0.717, 1.165) is 9.87 Å². The lowest BCUT2D eigenvalue weighted by Crippen LogP contribution is -2.53. The molecule has 11 heteroatoms. The van der Waals surface area contributed by atoms with Gasteiger partial charge < -0.3 is 10.2 Å². The van der Waals surface area contributed by atoms with E-state index in [4.69, 9.17) is 0 Å². The van der Waals surface area contributed by atoms with Crippen molar-refractivity contribution in [3.05, 3.63) is 101 Å². The highest BCUT2D eigenvalue weighted by molar-refractivity contribution is 7.92. The van der Waals surface area contributed by atoms with Crippen LogP contribution >= 0.6 is 0 Å². The number of non-ortho nitro benzene ring substituents is 1. The second-order valence-electron chi connectivity index (χ2n) is 9.41. The normalized spacial score (nSPS) is 12.7. The summed E-state index contributed by atoms with van der Waals surface area (Å²) in [5.74, 6) is -0.927. The maximum absolute atomic E-state index is 13.8. The van der Waals surface area contributed by atoms with Crippen molar-refractivity contribution < 1.29 is 22.9 Å². The van der Waals surface area contributed by atoms with E-state index in [1.807, 2.05) is 44.2 Å². The molecule has 2 atom stereocenters. The highest BCUT2D eigenvalue weighted by Gasteiger charge is 2.32. The van der Waals surface area contributed by atoms with Crippen LogP contribution in [0.5, 0.6) is 0 Å². The summed E-state index contributed by atoms with van der Waals surface area (Å²) in [4.78, 5) is 38.8. The second kappa shape index (κ2) is 13.7. The number of hydrogen-bond acceptors (Lipinski definition) is 6. The van der Waals surface area contributed by atoms with Crippen molar-refractivity contribution in [2.75, 3.05) is 17.4 Å².